The zero-order valence-electron chi connectivity index (χ0n) is 10.6. The van der Waals surface area contributed by atoms with Crippen LogP contribution < -0.4 is 4.74 Å². The molecule has 0 heterocycles. The second kappa shape index (κ2) is 6.79. The average Bonchev–Trinajstić information content (AvgIpc) is 2.34. The van der Waals surface area contributed by atoms with Crippen LogP contribution in [-0.2, 0) is 4.79 Å². The van der Waals surface area contributed by atoms with Crippen LogP contribution in [0.25, 0.3) is 5.57 Å². The second-order valence-electron chi connectivity index (χ2n) is 3.92. The fourth-order valence-corrected chi connectivity index (χ4v) is 1.76. The van der Waals surface area contributed by atoms with Crippen LogP contribution in [0.15, 0.2) is 24.3 Å². The number of hydrogen-bond acceptors (Lipinski definition) is 2. The number of carboxylic acid groups (broad SMARTS) is 1. The molecule has 0 radical (unpaired) electrons. The van der Waals surface area contributed by atoms with Crippen molar-refractivity contribution in [1.29, 1.82) is 0 Å². The first-order valence-corrected chi connectivity index (χ1v) is 5.83. The first-order chi connectivity index (χ1) is 8.58. The van der Waals surface area contributed by atoms with Crippen molar-refractivity contribution < 1.29 is 19.0 Å². The molecule has 0 aliphatic heterocycles. The van der Waals surface area contributed by atoms with Crippen LogP contribution in [0.5, 0.6) is 5.75 Å². The Morgan fingerprint density at radius 3 is 2.78 bits per heavy atom. The van der Waals surface area contributed by atoms with E-state index in [1.165, 1.54) is 19.2 Å². The van der Waals surface area contributed by atoms with Crippen molar-refractivity contribution in [2.24, 2.45) is 0 Å². The van der Waals surface area contributed by atoms with Gasteiger partial charge in [0.1, 0.15) is 11.6 Å². The van der Waals surface area contributed by atoms with E-state index < -0.39 is 5.97 Å². The topological polar surface area (TPSA) is 46.5 Å². The lowest BCUT2D eigenvalue weighted by Gasteiger charge is -2.11. The SMILES string of the molecule is CCC/C(=C\CC(=O)O)c1cc(F)ccc1OC. The maximum absolute atomic E-state index is 13.3. The van der Waals surface area contributed by atoms with Crippen LogP contribution in [0, 0.1) is 5.82 Å². The summed E-state index contributed by atoms with van der Waals surface area (Å²) in [7, 11) is 1.51. The summed E-state index contributed by atoms with van der Waals surface area (Å²) in [6.45, 7) is 1.99. The number of aliphatic carboxylic acids is 1. The molecule has 0 bridgehead atoms. The highest BCUT2D eigenvalue weighted by Gasteiger charge is 2.10. The number of methoxy groups -OCH3 is 1. The first-order valence-electron chi connectivity index (χ1n) is 5.83. The molecular weight excluding hydrogens is 235 g/mol. The zero-order chi connectivity index (χ0) is 13.5. The van der Waals surface area contributed by atoms with E-state index in [1.54, 1.807) is 12.1 Å². The summed E-state index contributed by atoms with van der Waals surface area (Å²) in [5.41, 5.74) is 1.43. The van der Waals surface area contributed by atoms with Crippen molar-refractivity contribution in [3.63, 3.8) is 0 Å². The van der Waals surface area contributed by atoms with Gasteiger partial charge in [-0.25, -0.2) is 4.39 Å². The molecule has 98 valence electrons. The van der Waals surface area contributed by atoms with Gasteiger partial charge in [0.2, 0.25) is 0 Å². The van der Waals surface area contributed by atoms with Gasteiger partial charge in [0.15, 0.2) is 0 Å². The summed E-state index contributed by atoms with van der Waals surface area (Å²) < 4.78 is 18.5. The average molecular weight is 252 g/mol. The number of ether oxygens (including phenoxy) is 1. The predicted octanol–water partition coefficient (Wildman–Crippen LogP) is 3.49. The van der Waals surface area contributed by atoms with Gasteiger partial charge in [-0.1, -0.05) is 19.4 Å². The van der Waals surface area contributed by atoms with Crippen molar-refractivity contribution >= 4 is 11.5 Å². The fourth-order valence-electron chi connectivity index (χ4n) is 1.76. The Bertz CT molecular complexity index is 452. The van der Waals surface area contributed by atoms with Crippen LogP contribution in [-0.4, -0.2) is 18.2 Å². The molecule has 1 aromatic carbocycles. The highest BCUT2D eigenvalue weighted by Crippen LogP contribution is 2.30. The lowest BCUT2D eigenvalue weighted by molar-refractivity contribution is -0.135. The van der Waals surface area contributed by atoms with Gasteiger partial charge in [-0.05, 0) is 30.2 Å². The number of benzene rings is 1. The van der Waals surface area contributed by atoms with E-state index in [0.29, 0.717) is 17.7 Å². The van der Waals surface area contributed by atoms with E-state index >= 15 is 0 Å². The Morgan fingerprint density at radius 2 is 2.22 bits per heavy atom. The molecule has 0 fully saturated rings. The third-order valence-corrected chi connectivity index (χ3v) is 2.55. The lowest BCUT2D eigenvalue weighted by Crippen LogP contribution is -1.96. The third-order valence-electron chi connectivity index (χ3n) is 2.55. The van der Waals surface area contributed by atoms with Crippen molar-refractivity contribution in [3.8, 4) is 5.75 Å². The van der Waals surface area contributed by atoms with Gasteiger partial charge >= 0.3 is 5.97 Å². The lowest BCUT2D eigenvalue weighted by atomic mass is 9.99. The molecule has 18 heavy (non-hydrogen) atoms. The maximum atomic E-state index is 13.3. The zero-order valence-corrected chi connectivity index (χ0v) is 10.6. The number of allylic oxidation sites excluding steroid dienone is 1. The van der Waals surface area contributed by atoms with E-state index in [-0.39, 0.29) is 12.2 Å². The van der Waals surface area contributed by atoms with Crippen LogP contribution in [0.4, 0.5) is 4.39 Å². The van der Waals surface area contributed by atoms with Crippen LogP contribution >= 0.6 is 0 Å². The minimum atomic E-state index is -0.904. The summed E-state index contributed by atoms with van der Waals surface area (Å²) in [4.78, 5) is 10.6. The fraction of sp³-hybridized carbons (Fsp3) is 0.357. The number of rotatable bonds is 6. The Balaban J connectivity index is 3.15. The minimum Gasteiger partial charge on any atom is -0.496 e. The molecule has 1 aromatic rings. The summed E-state index contributed by atoms with van der Waals surface area (Å²) in [5.74, 6) is -0.705. The highest BCUT2D eigenvalue weighted by atomic mass is 19.1. The largest absolute Gasteiger partial charge is 0.496 e. The highest BCUT2D eigenvalue weighted by molar-refractivity contribution is 5.76. The molecule has 0 aliphatic rings. The Labute approximate surface area is 106 Å². The molecule has 0 saturated carbocycles. The van der Waals surface area contributed by atoms with E-state index in [4.69, 9.17) is 9.84 Å². The van der Waals surface area contributed by atoms with Crippen LogP contribution in [0.2, 0.25) is 0 Å². The molecule has 0 aromatic heterocycles. The Hall–Kier alpha value is -1.84. The van der Waals surface area contributed by atoms with Gasteiger partial charge in [-0.3, -0.25) is 4.79 Å². The number of carboxylic acids is 1. The van der Waals surface area contributed by atoms with Crippen LogP contribution in [0.3, 0.4) is 0 Å². The second-order valence-corrected chi connectivity index (χ2v) is 3.92. The molecule has 0 amide bonds. The van der Waals surface area contributed by atoms with Crippen LogP contribution in [0.1, 0.15) is 31.7 Å². The van der Waals surface area contributed by atoms with Gasteiger partial charge in [0, 0.05) is 5.56 Å². The number of halogens is 1. The summed E-state index contributed by atoms with van der Waals surface area (Å²) in [5, 5.41) is 8.71. The summed E-state index contributed by atoms with van der Waals surface area (Å²) >= 11 is 0. The van der Waals surface area contributed by atoms with Crippen molar-refractivity contribution in [3.05, 3.63) is 35.7 Å². The molecule has 0 spiro atoms. The maximum Gasteiger partial charge on any atom is 0.307 e. The molecule has 0 atom stereocenters. The number of carbonyl (C=O) groups is 1. The van der Waals surface area contributed by atoms with Gasteiger partial charge in [-0.2, -0.15) is 0 Å². The molecule has 3 nitrogen and oxygen atoms in total. The molecule has 0 aliphatic carbocycles. The first kappa shape index (κ1) is 14.2. The van der Waals surface area contributed by atoms with Gasteiger partial charge in [0.25, 0.3) is 0 Å². The Kier molecular flexibility index (Phi) is 5.36. The molecule has 0 unspecified atom stereocenters. The molecular formula is C14H17FO3. The summed E-state index contributed by atoms with van der Waals surface area (Å²) in [6, 6.07) is 4.25. The molecule has 4 heteroatoms. The molecule has 1 rings (SSSR count). The number of hydrogen-bond donors (Lipinski definition) is 1. The third kappa shape index (κ3) is 3.87. The van der Waals surface area contributed by atoms with E-state index in [0.717, 1.165) is 12.0 Å². The minimum absolute atomic E-state index is 0.0744. The van der Waals surface area contributed by atoms with Crippen molar-refractivity contribution in [2.75, 3.05) is 7.11 Å². The van der Waals surface area contributed by atoms with Gasteiger partial charge < -0.3 is 9.84 Å². The standard InChI is InChI=1S/C14H17FO3/c1-3-4-10(5-8-14(16)17)12-9-11(15)6-7-13(12)18-2/h5-7,9H,3-4,8H2,1-2H3,(H,16,17)/b10-5+. The normalized spacial score (nSPS) is 11.4. The van der Waals surface area contributed by atoms with Crippen molar-refractivity contribution in [1.82, 2.24) is 0 Å². The molecule has 1 N–H and O–H groups in total. The Morgan fingerprint density at radius 1 is 1.50 bits per heavy atom. The van der Waals surface area contributed by atoms with Gasteiger partial charge in [-0.15, -0.1) is 0 Å². The monoisotopic (exact) mass is 252 g/mol. The van der Waals surface area contributed by atoms with Crippen molar-refractivity contribution in [2.45, 2.75) is 26.2 Å². The van der Waals surface area contributed by atoms with E-state index in [2.05, 4.69) is 0 Å². The smallest absolute Gasteiger partial charge is 0.307 e. The molecule has 0 saturated heterocycles. The quantitative estimate of drug-likeness (QED) is 0.843. The summed E-state index contributed by atoms with van der Waals surface area (Å²) in [6.07, 6.45) is 3.08. The van der Waals surface area contributed by atoms with E-state index in [1.807, 2.05) is 6.92 Å². The van der Waals surface area contributed by atoms with E-state index in [9.17, 15) is 9.18 Å². The predicted molar refractivity (Wildman–Crippen MR) is 68.1 cm³/mol. The van der Waals surface area contributed by atoms with Gasteiger partial charge in [0.05, 0.1) is 13.5 Å².